The molecular weight excluding hydrogens is 392 g/mol. The normalized spacial score (nSPS) is 24.9. The lowest BCUT2D eigenvalue weighted by molar-refractivity contribution is -0.142. The van der Waals surface area contributed by atoms with E-state index in [-0.39, 0.29) is 23.8 Å². The number of likely N-dealkylation sites (tertiary alicyclic amines) is 1. The standard InChI is InChI=1S/C24H36N4O3/c1-16-20(14-22(29)27-19-9-4-3-5-10-19)17(2)26-23(25-16)18-8-6-12-28(15-18)24(30)21-11-7-13-31-21/h18-19,21H,3-15H2,1-2H3,(H,27,29). The van der Waals surface area contributed by atoms with E-state index in [0.717, 1.165) is 67.8 Å². The maximum atomic E-state index is 12.8. The van der Waals surface area contributed by atoms with E-state index < -0.39 is 0 Å². The molecule has 1 aromatic heterocycles. The van der Waals surface area contributed by atoms with Crippen molar-refractivity contribution >= 4 is 11.8 Å². The van der Waals surface area contributed by atoms with Crippen LogP contribution >= 0.6 is 0 Å². The monoisotopic (exact) mass is 428 g/mol. The number of rotatable bonds is 5. The number of carbonyl (C=O) groups excluding carboxylic acids is 2. The number of carbonyl (C=O) groups is 2. The summed E-state index contributed by atoms with van der Waals surface area (Å²) in [4.78, 5) is 36.9. The molecule has 3 heterocycles. The average molecular weight is 429 g/mol. The molecule has 2 unspecified atom stereocenters. The van der Waals surface area contributed by atoms with Gasteiger partial charge in [0, 0.05) is 48.6 Å². The van der Waals surface area contributed by atoms with E-state index in [4.69, 9.17) is 14.7 Å². The summed E-state index contributed by atoms with van der Waals surface area (Å²) in [7, 11) is 0. The van der Waals surface area contributed by atoms with Gasteiger partial charge in [-0.1, -0.05) is 19.3 Å². The molecule has 170 valence electrons. The lowest BCUT2D eigenvalue weighted by atomic mass is 9.95. The smallest absolute Gasteiger partial charge is 0.251 e. The number of amides is 2. The van der Waals surface area contributed by atoms with Crippen molar-refractivity contribution in [2.45, 2.75) is 96.1 Å². The molecule has 3 fully saturated rings. The molecule has 0 bridgehead atoms. The lowest BCUT2D eigenvalue weighted by Gasteiger charge is -2.33. The maximum Gasteiger partial charge on any atom is 0.251 e. The first-order chi connectivity index (χ1) is 15.0. The topological polar surface area (TPSA) is 84.4 Å². The number of hydrogen-bond acceptors (Lipinski definition) is 5. The highest BCUT2D eigenvalue weighted by Gasteiger charge is 2.33. The Morgan fingerprint density at radius 3 is 2.42 bits per heavy atom. The minimum absolute atomic E-state index is 0.0699. The molecule has 3 aliphatic rings. The van der Waals surface area contributed by atoms with E-state index >= 15 is 0 Å². The van der Waals surface area contributed by atoms with Crippen molar-refractivity contribution in [3.63, 3.8) is 0 Å². The van der Waals surface area contributed by atoms with Gasteiger partial charge in [0.25, 0.3) is 5.91 Å². The fourth-order valence-electron chi connectivity index (χ4n) is 5.25. The van der Waals surface area contributed by atoms with Crippen LogP contribution < -0.4 is 5.32 Å². The Hall–Kier alpha value is -2.02. The summed E-state index contributed by atoms with van der Waals surface area (Å²) in [6.45, 7) is 6.07. The SMILES string of the molecule is Cc1nc(C2CCCN(C(=O)C3CCCO3)C2)nc(C)c1CC(=O)NC1CCCCC1. The quantitative estimate of drug-likeness (QED) is 0.779. The zero-order valence-corrected chi connectivity index (χ0v) is 19.0. The molecule has 7 heteroatoms. The number of hydrogen-bond donors (Lipinski definition) is 1. The molecule has 1 N–H and O–H groups in total. The summed E-state index contributed by atoms with van der Waals surface area (Å²) in [6, 6.07) is 0.316. The maximum absolute atomic E-state index is 12.8. The zero-order chi connectivity index (χ0) is 21.8. The van der Waals surface area contributed by atoms with E-state index in [1.165, 1.54) is 19.3 Å². The molecule has 1 aromatic rings. The minimum atomic E-state index is -0.270. The van der Waals surface area contributed by atoms with Gasteiger partial charge in [0.15, 0.2) is 0 Å². The Morgan fingerprint density at radius 2 is 1.74 bits per heavy atom. The molecular formula is C24H36N4O3. The Balaban J connectivity index is 1.40. The van der Waals surface area contributed by atoms with Gasteiger partial charge >= 0.3 is 0 Å². The van der Waals surface area contributed by atoms with Crippen LogP contribution in [-0.4, -0.2) is 58.5 Å². The van der Waals surface area contributed by atoms with Gasteiger partial charge in [-0.25, -0.2) is 9.97 Å². The highest BCUT2D eigenvalue weighted by atomic mass is 16.5. The van der Waals surface area contributed by atoms with Gasteiger partial charge in [0.1, 0.15) is 11.9 Å². The average Bonchev–Trinajstić information content (AvgIpc) is 3.31. The van der Waals surface area contributed by atoms with Gasteiger partial charge < -0.3 is 15.0 Å². The van der Waals surface area contributed by atoms with Crippen LogP contribution in [0.5, 0.6) is 0 Å². The van der Waals surface area contributed by atoms with Crippen LogP contribution in [0.1, 0.15) is 86.5 Å². The molecule has 4 rings (SSSR count). The molecule has 31 heavy (non-hydrogen) atoms. The minimum Gasteiger partial charge on any atom is -0.368 e. The van der Waals surface area contributed by atoms with Crippen LogP contribution in [0.15, 0.2) is 0 Å². The largest absolute Gasteiger partial charge is 0.368 e. The number of aryl methyl sites for hydroxylation is 2. The van der Waals surface area contributed by atoms with Gasteiger partial charge in [0.2, 0.25) is 5.91 Å². The first-order valence-electron chi connectivity index (χ1n) is 12.0. The van der Waals surface area contributed by atoms with E-state index in [0.29, 0.717) is 25.6 Å². The molecule has 2 amide bonds. The Morgan fingerprint density at radius 1 is 1.00 bits per heavy atom. The molecule has 0 radical (unpaired) electrons. The van der Waals surface area contributed by atoms with Crippen LogP contribution in [-0.2, 0) is 20.7 Å². The molecule has 0 spiro atoms. The first kappa shape index (κ1) is 22.2. The van der Waals surface area contributed by atoms with E-state index in [9.17, 15) is 9.59 Å². The molecule has 0 aromatic carbocycles. The van der Waals surface area contributed by atoms with Crippen molar-refractivity contribution < 1.29 is 14.3 Å². The molecule has 2 aliphatic heterocycles. The van der Waals surface area contributed by atoms with Crippen molar-refractivity contribution in [2.75, 3.05) is 19.7 Å². The van der Waals surface area contributed by atoms with Crippen LogP contribution in [0.2, 0.25) is 0 Å². The van der Waals surface area contributed by atoms with E-state index in [1.54, 1.807) is 0 Å². The van der Waals surface area contributed by atoms with Crippen molar-refractivity contribution in [3.8, 4) is 0 Å². The Labute approximate surface area is 185 Å². The van der Waals surface area contributed by atoms with Gasteiger partial charge in [-0.2, -0.15) is 0 Å². The molecule has 2 saturated heterocycles. The van der Waals surface area contributed by atoms with Crippen LogP contribution in [0.4, 0.5) is 0 Å². The van der Waals surface area contributed by atoms with E-state index in [2.05, 4.69) is 5.32 Å². The van der Waals surface area contributed by atoms with Gasteiger partial charge in [-0.15, -0.1) is 0 Å². The number of nitrogens with zero attached hydrogens (tertiary/aromatic N) is 3. The summed E-state index contributed by atoms with van der Waals surface area (Å²) in [5.74, 6) is 1.13. The molecule has 7 nitrogen and oxygen atoms in total. The number of piperidine rings is 1. The second kappa shape index (κ2) is 10.1. The highest BCUT2D eigenvalue weighted by molar-refractivity contribution is 5.81. The highest BCUT2D eigenvalue weighted by Crippen LogP contribution is 2.28. The number of nitrogens with one attached hydrogen (secondary N) is 1. The third kappa shape index (κ3) is 5.43. The van der Waals surface area contributed by atoms with Gasteiger partial charge in [0.05, 0.1) is 6.42 Å². The fraction of sp³-hybridized carbons (Fsp3) is 0.750. The summed E-state index contributed by atoms with van der Waals surface area (Å²) < 4.78 is 5.59. The number of ether oxygens (including phenoxy) is 1. The number of aromatic nitrogens is 2. The van der Waals surface area contributed by atoms with Crippen LogP contribution in [0.25, 0.3) is 0 Å². The lowest BCUT2D eigenvalue weighted by Crippen LogP contribution is -2.44. The second-order valence-electron chi connectivity index (χ2n) is 9.44. The predicted molar refractivity (Wildman–Crippen MR) is 118 cm³/mol. The van der Waals surface area contributed by atoms with Gasteiger partial charge in [-0.3, -0.25) is 9.59 Å². The van der Waals surface area contributed by atoms with Crippen molar-refractivity contribution in [1.82, 2.24) is 20.2 Å². The van der Waals surface area contributed by atoms with Crippen molar-refractivity contribution in [2.24, 2.45) is 0 Å². The third-order valence-corrected chi connectivity index (χ3v) is 7.05. The fourth-order valence-corrected chi connectivity index (χ4v) is 5.25. The Kier molecular flexibility index (Phi) is 7.20. The predicted octanol–water partition coefficient (Wildman–Crippen LogP) is 2.97. The van der Waals surface area contributed by atoms with Crippen molar-refractivity contribution in [1.29, 1.82) is 0 Å². The first-order valence-corrected chi connectivity index (χ1v) is 12.0. The Bertz CT molecular complexity index is 777. The van der Waals surface area contributed by atoms with Crippen LogP contribution in [0.3, 0.4) is 0 Å². The van der Waals surface area contributed by atoms with Crippen molar-refractivity contribution in [3.05, 3.63) is 22.8 Å². The van der Waals surface area contributed by atoms with Gasteiger partial charge in [-0.05, 0) is 52.4 Å². The summed E-state index contributed by atoms with van der Waals surface area (Å²) in [6.07, 6.45) is 9.64. The zero-order valence-electron chi connectivity index (χ0n) is 19.0. The molecule has 1 aliphatic carbocycles. The molecule has 2 atom stereocenters. The van der Waals surface area contributed by atoms with E-state index in [1.807, 2.05) is 18.7 Å². The third-order valence-electron chi connectivity index (χ3n) is 7.05. The summed E-state index contributed by atoms with van der Waals surface area (Å²) in [5.41, 5.74) is 2.69. The summed E-state index contributed by atoms with van der Waals surface area (Å²) >= 11 is 0. The second-order valence-corrected chi connectivity index (χ2v) is 9.44. The van der Waals surface area contributed by atoms with Crippen LogP contribution in [0, 0.1) is 13.8 Å². The molecule has 1 saturated carbocycles. The summed E-state index contributed by atoms with van der Waals surface area (Å²) in [5, 5.41) is 3.19.